The normalized spacial score (nSPS) is 9.38. The highest BCUT2D eigenvalue weighted by Gasteiger charge is 1.96. The van der Waals surface area contributed by atoms with E-state index < -0.39 is 5.97 Å². The third kappa shape index (κ3) is 3.15. The van der Waals surface area contributed by atoms with E-state index in [1.165, 1.54) is 0 Å². The number of rotatable bonds is 3. The molecule has 0 saturated carbocycles. The molecule has 0 N–H and O–H groups in total. The summed E-state index contributed by atoms with van der Waals surface area (Å²) in [5.74, 6) is 0.264. The van der Waals surface area contributed by atoms with Gasteiger partial charge in [0.1, 0.15) is 12.4 Å². The molecule has 3 nitrogen and oxygen atoms in total. The number of benzene rings is 1. The molecule has 0 aromatic heterocycles. The van der Waals surface area contributed by atoms with Crippen LogP contribution in [0.5, 0.6) is 5.75 Å². The number of hydrogen-bond acceptors (Lipinski definition) is 3. The van der Waals surface area contributed by atoms with Gasteiger partial charge in [0.25, 0.3) is 0 Å². The van der Waals surface area contributed by atoms with Gasteiger partial charge >= 0.3 is 5.97 Å². The Morgan fingerprint density at radius 2 is 2.00 bits per heavy atom. The third-order valence-electron chi connectivity index (χ3n) is 1.56. The van der Waals surface area contributed by atoms with Gasteiger partial charge in [0, 0.05) is 0 Å². The Morgan fingerprint density at radius 1 is 1.38 bits per heavy atom. The lowest BCUT2D eigenvalue weighted by Crippen LogP contribution is -1.98. The molecule has 1 aromatic carbocycles. The highest BCUT2D eigenvalue weighted by molar-refractivity contribution is 5.73. The molecule has 13 heavy (non-hydrogen) atoms. The summed E-state index contributed by atoms with van der Waals surface area (Å²) in [4.78, 5) is 10.4. The van der Waals surface area contributed by atoms with Gasteiger partial charge in [-0.15, -0.1) is 0 Å². The predicted molar refractivity (Wildman–Crippen MR) is 48.1 cm³/mol. The first-order chi connectivity index (χ1) is 6.22. The molecule has 0 spiro atoms. The number of ether oxygens (including phenoxy) is 2. The van der Waals surface area contributed by atoms with Gasteiger partial charge in [-0.2, -0.15) is 0 Å². The zero-order valence-corrected chi connectivity index (χ0v) is 7.45. The van der Waals surface area contributed by atoms with Crippen molar-refractivity contribution < 1.29 is 14.3 Å². The number of esters is 1. The average molecular weight is 179 g/mol. The second-order valence-corrected chi connectivity index (χ2v) is 2.51. The van der Waals surface area contributed by atoms with Gasteiger partial charge in [-0.3, -0.25) is 4.79 Å². The van der Waals surface area contributed by atoms with Crippen molar-refractivity contribution in [2.45, 2.75) is 6.61 Å². The fraction of sp³-hybridized carbons (Fsp3) is 0.200. The summed E-state index contributed by atoms with van der Waals surface area (Å²) in [7, 11) is 1.60. The molecule has 0 bridgehead atoms. The molecule has 0 saturated heterocycles. The zero-order chi connectivity index (χ0) is 9.68. The zero-order valence-electron chi connectivity index (χ0n) is 7.45. The van der Waals surface area contributed by atoms with E-state index in [1.54, 1.807) is 7.11 Å². The lowest BCUT2D eigenvalue weighted by atomic mass is 10.2. The molecule has 1 radical (unpaired) electrons. The van der Waals surface area contributed by atoms with Gasteiger partial charge in [0.2, 0.25) is 0 Å². The molecule has 69 valence electrons. The Hall–Kier alpha value is -1.51. The maximum absolute atomic E-state index is 10.4. The van der Waals surface area contributed by atoms with Crippen molar-refractivity contribution in [2.24, 2.45) is 0 Å². The van der Waals surface area contributed by atoms with Crippen LogP contribution in [0.15, 0.2) is 24.3 Å². The Morgan fingerprint density at radius 3 is 2.46 bits per heavy atom. The molecule has 0 aliphatic heterocycles. The molecule has 1 rings (SSSR count). The van der Waals surface area contributed by atoms with Crippen LogP contribution in [0.25, 0.3) is 0 Å². The van der Waals surface area contributed by atoms with Crippen LogP contribution in [0.4, 0.5) is 0 Å². The van der Waals surface area contributed by atoms with Crippen molar-refractivity contribution in [2.75, 3.05) is 7.11 Å². The molecular weight excluding hydrogens is 168 g/mol. The molecule has 0 aliphatic carbocycles. The summed E-state index contributed by atoms with van der Waals surface area (Å²) in [6.07, 6.45) is 0. The number of hydrogen-bond donors (Lipinski definition) is 0. The fourth-order valence-corrected chi connectivity index (χ4v) is 0.886. The van der Waals surface area contributed by atoms with Gasteiger partial charge in [0.05, 0.1) is 14.0 Å². The van der Waals surface area contributed by atoms with Crippen LogP contribution >= 0.6 is 0 Å². The van der Waals surface area contributed by atoms with Crippen LogP contribution in [0, 0.1) is 6.92 Å². The Labute approximate surface area is 77.3 Å². The van der Waals surface area contributed by atoms with Crippen LogP contribution in [0.1, 0.15) is 5.56 Å². The molecule has 1 aromatic rings. The molecule has 0 fully saturated rings. The molecule has 0 amide bonds. The molecule has 0 unspecified atom stereocenters. The van der Waals surface area contributed by atoms with Crippen LogP contribution in [0.2, 0.25) is 0 Å². The summed E-state index contributed by atoms with van der Waals surface area (Å²) in [6.45, 7) is 3.36. The van der Waals surface area contributed by atoms with Crippen LogP contribution in [-0.4, -0.2) is 13.1 Å². The Kier molecular flexibility index (Phi) is 3.31. The highest BCUT2D eigenvalue weighted by atomic mass is 16.5. The minimum absolute atomic E-state index is 0.256. The summed E-state index contributed by atoms with van der Waals surface area (Å²) in [6, 6.07) is 7.29. The monoisotopic (exact) mass is 179 g/mol. The van der Waals surface area contributed by atoms with E-state index in [1.807, 2.05) is 24.3 Å². The lowest BCUT2D eigenvalue weighted by Gasteiger charge is -2.03. The van der Waals surface area contributed by atoms with E-state index in [0.29, 0.717) is 0 Å². The smallest absolute Gasteiger partial charge is 0.306 e. The van der Waals surface area contributed by atoms with Crippen LogP contribution in [0.3, 0.4) is 0 Å². The maximum atomic E-state index is 10.4. The van der Waals surface area contributed by atoms with E-state index in [-0.39, 0.29) is 6.61 Å². The van der Waals surface area contributed by atoms with Crippen LogP contribution in [-0.2, 0) is 16.1 Å². The molecule has 0 aliphatic rings. The van der Waals surface area contributed by atoms with E-state index in [2.05, 4.69) is 6.92 Å². The van der Waals surface area contributed by atoms with Crippen molar-refractivity contribution in [3.05, 3.63) is 36.8 Å². The SMILES string of the molecule is [CH2]C(=O)OCc1ccc(OC)cc1. The van der Waals surface area contributed by atoms with Crippen molar-refractivity contribution in [3.8, 4) is 5.75 Å². The summed E-state index contributed by atoms with van der Waals surface area (Å²) < 4.78 is 9.69. The van der Waals surface area contributed by atoms with Gasteiger partial charge < -0.3 is 9.47 Å². The van der Waals surface area contributed by atoms with E-state index in [9.17, 15) is 4.79 Å². The number of carbonyl (C=O) groups excluding carboxylic acids is 1. The molecule has 0 atom stereocenters. The quantitative estimate of drug-likeness (QED) is 0.661. The van der Waals surface area contributed by atoms with Crippen molar-refractivity contribution in [1.29, 1.82) is 0 Å². The molecule has 3 heteroatoms. The third-order valence-corrected chi connectivity index (χ3v) is 1.56. The van der Waals surface area contributed by atoms with Crippen molar-refractivity contribution in [1.82, 2.24) is 0 Å². The topological polar surface area (TPSA) is 35.5 Å². The summed E-state index contributed by atoms with van der Waals surface area (Å²) in [5.41, 5.74) is 0.915. The Balaban J connectivity index is 2.54. The number of carbonyl (C=O) groups is 1. The minimum Gasteiger partial charge on any atom is -0.497 e. The predicted octanol–water partition coefficient (Wildman–Crippen LogP) is 1.57. The van der Waals surface area contributed by atoms with Gasteiger partial charge in [0.15, 0.2) is 0 Å². The maximum Gasteiger partial charge on any atom is 0.306 e. The van der Waals surface area contributed by atoms with E-state index in [4.69, 9.17) is 9.47 Å². The number of methoxy groups -OCH3 is 1. The highest BCUT2D eigenvalue weighted by Crippen LogP contribution is 2.11. The largest absolute Gasteiger partial charge is 0.497 e. The first kappa shape index (κ1) is 9.58. The summed E-state index contributed by atoms with van der Waals surface area (Å²) >= 11 is 0. The van der Waals surface area contributed by atoms with E-state index in [0.717, 1.165) is 11.3 Å². The van der Waals surface area contributed by atoms with Gasteiger partial charge in [-0.1, -0.05) is 12.1 Å². The van der Waals surface area contributed by atoms with Crippen molar-refractivity contribution in [3.63, 3.8) is 0 Å². The minimum atomic E-state index is -0.518. The Bertz CT molecular complexity index is 277. The first-order valence-corrected chi connectivity index (χ1v) is 3.84. The standard InChI is InChI=1S/C10H11O3/c1-8(11)13-7-9-3-5-10(12-2)6-4-9/h3-6H,1,7H2,2H3. The second-order valence-electron chi connectivity index (χ2n) is 2.51. The summed E-state index contributed by atoms with van der Waals surface area (Å²) in [5, 5.41) is 0. The van der Waals surface area contributed by atoms with Crippen molar-refractivity contribution >= 4 is 5.97 Å². The molecule has 0 heterocycles. The first-order valence-electron chi connectivity index (χ1n) is 3.84. The fourth-order valence-electron chi connectivity index (χ4n) is 0.886. The second kappa shape index (κ2) is 4.50. The lowest BCUT2D eigenvalue weighted by molar-refractivity contribution is -0.139. The average Bonchev–Trinajstić information content (AvgIpc) is 2.15. The molecular formula is C10H11O3. The van der Waals surface area contributed by atoms with Gasteiger partial charge in [-0.25, -0.2) is 0 Å². The van der Waals surface area contributed by atoms with E-state index >= 15 is 0 Å². The van der Waals surface area contributed by atoms with Gasteiger partial charge in [-0.05, 0) is 17.7 Å². The van der Waals surface area contributed by atoms with Crippen LogP contribution < -0.4 is 4.74 Å².